The monoisotopic (exact) mass is 173 g/mol. The van der Waals surface area contributed by atoms with E-state index in [1.807, 2.05) is 6.92 Å². The number of carbonyl (C=O) groups excluding carboxylic acids is 1. The van der Waals surface area contributed by atoms with E-state index < -0.39 is 0 Å². The number of carbonyl (C=O) groups is 1. The number of nitrogens with one attached hydrogen (secondary N) is 1. The molecule has 4 heteroatoms. The van der Waals surface area contributed by atoms with Gasteiger partial charge in [0.1, 0.15) is 5.76 Å². The van der Waals surface area contributed by atoms with Crippen LogP contribution in [0.3, 0.4) is 0 Å². The number of hydrogen-bond acceptors (Lipinski definition) is 3. The van der Waals surface area contributed by atoms with E-state index in [4.69, 9.17) is 4.74 Å². The van der Waals surface area contributed by atoms with Gasteiger partial charge in [0.15, 0.2) is 0 Å². The van der Waals surface area contributed by atoms with Gasteiger partial charge in [-0.05, 0) is 6.92 Å². The Bertz CT molecular complexity index is 181. The highest BCUT2D eigenvalue weighted by molar-refractivity contribution is 8.14. The van der Waals surface area contributed by atoms with Gasteiger partial charge in [-0.15, -0.1) is 0 Å². The van der Waals surface area contributed by atoms with Gasteiger partial charge in [0.05, 0.1) is 12.6 Å². The first kappa shape index (κ1) is 8.46. The van der Waals surface area contributed by atoms with E-state index in [2.05, 4.69) is 11.9 Å². The Hall–Kier alpha value is -0.640. The molecule has 1 aliphatic rings. The van der Waals surface area contributed by atoms with Crippen molar-refractivity contribution in [3.05, 3.63) is 12.3 Å². The van der Waals surface area contributed by atoms with Crippen LogP contribution in [-0.2, 0) is 4.74 Å². The molecule has 0 bridgehead atoms. The Morgan fingerprint density at radius 1 is 2.00 bits per heavy atom. The van der Waals surface area contributed by atoms with Crippen LogP contribution in [-0.4, -0.2) is 23.6 Å². The Kier molecular flexibility index (Phi) is 2.82. The summed E-state index contributed by atoms with van der Waals surface area (Å²) in [5.41, 5.74) is 0. The fraction of sp³-hybridized carbons (Fsp3) is 0.571. The van der Waals surface area contributed by atoms with Crippen molar-refractivity contribution in [1.29, 1.82) is 0 Å². The van der Waals surface area contributed by atoms with Crippen molar-refractivity contribution in [3.8, 4) is 0 Å². The molecule has 0 spiro atoms. The van der Waals surface area contributed by atoms with E-state index >= 15 is 0 Å². The summed E-state index contributed by atoms with van der Waals surface area (Å²) in [4.78, 5) is 10.7. The number of amides is 1. The van der Waals surface area contributed by atoms with E-state index in [0.717, 1.165) is 5.75 Å². The number of ether oxygens (including phenoxy) is 1. The van der Waals surface area contributed by atoms with Crippen LogP contribution in [0.1, 0.15) is 6.92 Å². The van der Waals surface area contributed by atoms with Gasteiger partial charge in [0, 0.05) is 5.75 Å². The van der Waals surface area contributed by atoms with Gasteiger partial charge in [-0.1, -0.05) is 18.3 Å². The largest absolute Gasteiger partial charge is 0.497 e. The first-order valence-corrected chi connectivity index (χ1v) is 4.47. The van der Waals surface area contributed by atoms with Crippen LogP contribution in [0.15, 0.2) is 12.3 Å². The maximum absolute atomic E-state index is 10.7. The molecule has 1 heterocycles. The number of thioether (sulfide) groups is 1. The highest BCUT2D eigenvalue weighted by atomic mass is 32.2. The second kappa shape index (κ2) is 3.67. The van der Waals surface area contributed by atoms with Crippen LogP contribution in [0.4, 0.5) is 4.79 Å². The third kappa shape index (κ3) is 2.15. The molecule has 1 N–H and O–H groups in total. The molecule has 62 valence electrons. The van der Waals surface area contributed by atoms with Crippen molar-refractivity contribution in [1.82, 2.24) is 5.32 Å². The van der Waals surface area contributed by atoms with E-state index in [9.17, 15) is 4.79 Å². The minimum atomic E-state index is 0.00690. The van der Waals surface area contributed by atoms with E-state index in [1.54, 1.807) is 0 Å². The summed E-state index contributed by atoms with van der Waals surface area (Å²) in [7, 11) is 0. The molecular weight excluding hydrogens is 162 g/mol. The lowest BCUT2D eigenvalue weighted by Crippen LogP contribution is -2.28. The van der Waals surface area contributed by atoms with Crippen LogP contribution in [0, 0.1) is 0 Å². The molecule has 0 saturated carbocycles. The van der Waals surface area contributed by atoms with Crippen molar-refractivity contribution in [2.45, 2.75) is 13.0 Å². The van der Waals surface area contributed by atoms with Gasteiger partial charge in [-0.3, -0.25) is 4.79 Å². The molecule has 1 fully saturated rings. The zero-order valence-corrected chi connectivity index (χ0v) is 7.24. The molecule has 1 rings (SSSR count). The highest BCUT2D eigenvalue weighted by Crippen LogP contribution is 2.17. The lowest BCUT2D eigenvalue weighted by molar-refractivity contribution is 0.207. The lowest BCUT2D eigenvalue weighted by atomic mass is 10.3. The standard InChI is InChI=1S/C7H11NO2S/c1-3-10-5(2)6-4-11-7(9)8-6/h6H,2-4H2,1H3,(H,8,9). The first-order chi connectivity index (χ1) is 5.24. The fourth-order valence-corrected chi connectivity index (χ4v) is 1.66. The molecule has 0 aromatic rings. The molecular formula is C7H11NO2S. The third-order valence-corrected chi connectivity index (χ3v) is 2.27. The molecule has 0 radical (unpaired) electrons. The molecule has 1 unspecified atom stereocenters. The topological polar surface area (TPSA) is 38.3 Å². The predicted octanol–water partition coefficient (Wildman–Crippen LogP) is 1.36. The Morgan fingerprint density at radius 3 is 3.18 bits per heavy atom. The second-order valence-corrected chi connectivity index (χ2v) is 3.19. The van der Waals surface area contributed by atoms with Crippen molar-refractivity contribution in [2.75, 3.05) is 12.4 Å². The molecule has 0 aliphatic carbocycles. The van der Waals surface area contributed by atoms with Crippen LogP contribution in [0.2, 0.25) is 0 Å². The minimum Gasteiger partial charge on any atom is -0.497 e. The summed E-state index contributed by atoms with van der Waals surface area (Å²) in [6.45, 7) is 6.22. The van der Waals surface area contributed by atoms with Crippen molar-refractivity contribution in [3.63, 3.8) is 0 Å². The van der Waals surface area contributed by atoms with Gasteiger partial charge in [-0.25, -0.2) is 0 Å². The molecule has 1 atom stereocenters. The third-order valence-electron chi connectivity index (χ3n) is 1.39. The lowest BCUT2D eigenvalue weighted by Gasteiger charge is -2.12. The van der Waals surface area contributed by atoms with Gasteiger partial charge in [0.2, 0.25) is 0 Å². The predicted molar refractivity (Wildman–Crippen MR) is 45.5 cm³/mol. The van der Waals surface area contributed by atoms with Crippen LogP contribution < -0.4 is 5.32 Å². The molecule has 1 amide bonds. The van der Waals surface area contributed by atoms with Crippen molar-refractivity contribution < 1.29 is 9.53 Å². The summed E-state index contributed by atoms with van der Waals surface area (Å²) in [5, 5.41) is 2.75. The van der Waals surface area contributed by atoms with E-state index in [0.29, 0.717) is 12.4 Å². The first-order valence-electron chi connectivity index (χ1n) is 3.49. The SMILES string of the molecule is C=C(OCC)C1CSC(=O)N1. The van der Waals surface area contributed by atoms with Crippen LogP contribution >= 0.6 is 11.8 Å². The van der Waals surface area contributed by atoms with Crippen LogP contribution in [0.25, 0.3) is 0 Å². The van der Waals surface area contributed by atoms with E-state index in [1.165, 1.54) is 11.8 Å². The molecule has 1 saturated heterocycles. The smallest absolute Gasteiger partial charge is 0.279 e. The summed E-state index contributed by atoms with van der Waals surface area (Å²) in [6.07, 6.45) is 0. The Morgan fingerprint density at radius 2 is 2.73 bits per heavy atom. The van der Waals surface area contributed by atoms with E-state index in [-0.39, 0.29) is 11.3 Å². The summed E-state index contributed by atoms with van der Waals surface area (Å²) in [5.74, 6) is 1.39. The molecule has 3 nitrogen and oxygen atoms in total. The summed E-state index contributed by atoms with van der Waals surface area (Å²) < 4.78 is 5.15. The molecule has 1 aliphatic heterocycles. The van der Waals surface area contributed by atoms with Gasteiger partial charge in [0.25, 0.3) is 5.24 Å². The average molecular weight is 173 g/mol. The summed E-state index contributed by atoms with van der Waals surface area (Å²) in [6, 6.07) is 0.00690. The van der Waals surface area contributed by atoms with Crippen LogP contribution in [0.5, 0.6) is 0 Å². The molecule has 11 heavy (non-hydrogen) atoms. The number of hydrogen-bond donors (Lipinski definition) is 1. The fourth-order valence-electron chi connectivity index (χ4n) is 0.844. The average Bonchev–Trinajstić information content (AvgIpc) is 2.36. The maximum atomic E-state index is 10.7. The molecule has 0 aromatic heterocycles. The molecule has 0 aromatic carbocycles. The Labute approximate surface area is 70.2 Å². The normalized spacial score (nSPS) is 23.0. The quantitative estimate of drug-likeness (QED) is 0.655. The maximum Gasteiger partial charge on any atom is 0.279 e. The summed E-state index contributed by atoms with van der Waals surface area (Å²) >= 11 is 1.27. The number of rotatable bonds is 3. The highest BCUT2D eigenvalue weighted by Gasteiger charge is 2.24. The van der Waals surface area contributed by atoms with Gasteiger partial charge in [-0.2, -0.15) is 0 Å². The van der Waals surface area contributed by atoms with Crippen molar-refractivity contribution in [2.24, 2.45) is 0 Å². The van der Waals surface area contributed by atoms with Crippen molar-refractivity contribution >= 4 is 17.0 Å². The van der Waals surface area contributed by atoms with Gasteiger partial charge >= 0.3 is 0 Å². The van der Waals surface area contributed by atoms with Gasteiger partial charge < -0.3 is 10.1 Å². The zero-order chi connectivity index (χ0) is 8.27. The Balaban J connectivity index is 2.37. The second-order valence-electron chi connectivity index (χ2n) is 2.19. The minimum absolute atomic E-state index is 0.00690. The zero-order valence-electron chi connectivity index (χ0n) is 6.42.